The smallest absolute Gasteiger partial charge is 0.258 e. The number of sulfonamides is 1. The minimum atomic E-state index is -3.49. The number of para-hydroxylation sites is 1. The number of hydrogen-bond acceptors (Lipinski definition) is 6. The third-order valence-corrected chi connectivity index (χ3v) is 7.23. The van der Waals surface area contributed by atoms with Gasteiger partial charge in [0.1, 0.15) is 9.96 Å². The maximum absolute atomic E-state index is 12.6. The molecule has 0 unspecified atom stereocenters. The molecular weight excluding hydrogens is 376 g/mol. The minimum absolute atomic E-state index is 0.0890. The highest BCUT2D eigenvalue weighted by atomic mass is 32.2. The lowest BCUT2D eigenvalue weighted by molar-refractivity contribution is -0.123. The van der Waals surface area contributed by atoms with Crippen molar-refractivity contribution in [2.75, 3.05) is 32.9 Å². The van der Waals surface area contributed by atoms with Crippen molar-refractivity contribution < 1.29 is 22.7 Å². The van der Waals surface area contributed by atoms with Crippen LogP contribution in [0.25, 0.3) is 0 Å². The SMILES string of the molecule is O=C(COc1ccccc1)NCc1ccc(S(=O)(=O)N2CCOCC2)s1. The number of morpholine rings is 1. The summed E-state index contributed by atoms with van der Waals surface area (Å²) in [6, 6.07) is 12.4. The van der Waals surface area contributed by atoms with Crippen molar-refractivity contribution in [1.82, 2.24) is 9.62 Å². The van der Waals surface area contributed by atoms with Gasteiger partial charge in [0.25, 0.3) is 15.9 Å². The number of amides is 1. The highest BCUT2D eigenvalue weighted by molar-refractivity contribution is 7.91. The average Bonchev–Trinajstić information content (AvgIpc) is 3.16. The molecule has 7 nitrogen and oxygen atoms in total. The predicted octanol–water partition coefficient (Wildman–Crippen LogP) is 1.46. The Kier molecular flexibility index (Phi) is 6.25. The molecule has 1 aromatic heterocycles. The molecule has 9 heteroatoms. The van der Waals surface area contributed by atoms with Crippen LogP contribution < -0.4 is 10.1 Å². The summed E-state index contributed by atoms with van der Waals surface area (Å²) in [4.78, 5) is 12.6. The molecule has 1 aromatic carbocycles. The Balaban J connectivity index is 1.51. The van der Waals surface area contributed by atoms with Crippen molar-refractivity contribution >= 4 is 27.3 Å². The summed E-state index contributed by atoms with van der Waals surface area (Å²) in [5.41, 5.74) is 0. The fourth-order valence-electron chi connectivity index (χ4n) is 2.41. The van der Waals surface area contributed by atoms with E-state index in [2.05, 4.69) is 5.32 Å². The van der Waals surface area contributed by atoms with Crippen LogP contribution >= 0.6 is 11.3 Å². The average molecular weight is 396 g/mol. The van der Waals surface area contributed by atoms with Crippen molar-refractivity contribution in [2.45, 2.75) is 10.8 Å². The first kappa shape index (κ1) is 18.8. The number of carbonyl (C=O) groups excluding carboxylic acids is 1. The zero-order valence-corrected chi connectivity index (χ0v) is 15.7. The van der Waals surface area contributed by atoms with Crippen LogP contribution in [-0.4, -0.2) is 51.5 Å². The first-order valence-corrected chi connectivity index (χ1v) is 10.4. The molecule has 3 rings (SSSR count). The maximum atomic E-state index is 12.6. The van der Waals surface area contributed by atoms with Gasteiger partial charge in [-0.05, 0) is 24.3 Å². The molecule has 0 bridgehead atoms. The number of nitrogens with zero attached hydrogens (tertiary/aromatic N) is 1. The lowest BCUT2D eigenvalue weighted by Crippen LogP contribution is -2.40. The molecule has 1 fully saturated rings. The molecule has 1 saturated heterocycles. The molecule has 0 spiro atoms. The molecular formula is C17H20N2O5S2. The molecule has 1 aliphatic heterocycles. The number of ether oxygens (including phenoxy) is 2. The Labute approximate surface area is 156 Å². The van der Waals surface area contributed by atoms with Gasteiger partial charge in [0, 0.05) is 18.0 Å². The van der Waals surface area contributed by atoms with E-state index in [0.717, 1.165) is 16.2 Å². The van der Waals surface area contributed by atoms with Crippen LogP contribution in [0.15, 0.2) is 46.7 Å². The van der Waals surface area contributed by atoms with E-state index in [0.29, 0.717) is 32.1 Å². The van der Waals surface area contributed by atoms with Gasteiger partial charge in [0.2, 0.25) is 0 Å². The number of thiophene rings is 1. The molecule has 1 N–H and O–H groups in total. The third-order valence-electron chi connectivity index (χ3n) is 3.77. The lowest BCUT2D eigenvalue weighted by atomic mass is 10.3. The Hall–Kier alpha value is -1.94. The van der Waals surface area contributed by atoms with Gasteiger partial charge >= 0.3 is 0 Å². The summed E-state index contributed by atoms with van der Waals surface area (Å²) in [5, 5.41) is 2.73. The van der Waals surface area contributed by atoms with E-state index in [1.54, 1.807) is 24.3 Å². The summed E-state index contributed by atoms with van der Waals surface area (Å²) >= 11 is 1.16. The fraction of sp³-hybridized carbons (Fsp3) is 0.353. The second-order valence-electron chi connectivity index (χ2n) is 5.62. The lowest BCUT2D eigenvalue weighted by Gasteiger charge is -2.25. The van der Waals surface area contributed by atoms with Gasteiger partial charge in [-0.25, -0.2) is 8.42 Å². The van der Waals surface area contributed by atoms with Crippen LogP contribution in [0, 0.1) is 0 Å². The Morgan fingerprint density at radius 3 is 2.62 bits per heavy atom. The van der Waals surface area contributed by atoms with Crippen molar-refractivity contribution in [3.8, 4) is 5.75 Å². The van der Waals surface area contributed by atoms with Crippen LogP contribution in [0.3, 0.4) is 0 Å². The van der Waals surface area contributed by atoms with Crippen LogP contribution in [-0.2, 0) is 26.1 Å². The second kappa shape index (κ2) is 8.63. The Morgan fingerprint density at radius 2 is 1.88 bits per heavy atom. The van der Waals surface area contributed by atoms with Gasteiger partial charge in [0.15, 0.2) is 6.61 Å². The Bertz CT molecular complexity index is 830. The molecule has 0 atom stereocenters. The van der Waals surface area contributed by atoms with Gasteiger partial charge in [0.05, 0.1) is 19.8 Å². The van der Waals surface area contributed by atoms with E-state index < -0.39 is 10.0 Å². The fourth-order valence-corrected chi connectivity index (χ4v) is 5.27. The van der Waals surface area contributed by atoms with Gasteiger partial charge < -0.3 is 14.8 Å². The highest BCUT2D eigenvalue weighted by Crippen LogP contribution is 2.25. The molecule has 2 aromatic rings. The van der Waals surface area contributed by atoms with E-state index in [9.17, 15) is 13.2 Å². The normalized spacial score (nSPS) is 15.5. The van der Waals surface area contributed by atoms with Crippen molar-refractivity contribution in [3.63, 3.8) is 0 Å². The zero-order chi connectivity index (χ0) is 18.4. The summed E-state index contributed by atoms with van der Waals surface area (Å²) in [7, 11) is -3.49. The first-order valence-electron chi connectivity index (χ1n) is 8.17. The van der Waals surface area contributed by atoms with Gasteiger partial charge in [-0.15, -0.1) is 11.3 Å². The van der Waals surface area contributed by atoms with Crippen LogP contribution in [0.4, 0.5) is 0 Å². The van der Waals surface area contributed by atoms with Crippen molar-refractivity contribution in [3.05, 3.63) is 47.3 Å². The Morgan fingerprint density at radius 1 is 1.15 bits per heavy atom. The molecule has 2 heterocycles. The number of benzene rings is 1. The quantitative estimate of drug-likeness (QED) is 0.766. The zero-order valence-electron chi connectivity index (χ0n) is 14.1. The monoisotopic (exact) mass is 396 g/mol. The molecule has 0 radical (unpaired) electrons. The number of hydrogen-bond donors (Lipinski definition) is 1. The largest absolute Gasteiger partial charge is 0.484 e. The summed E-state index contributed by atoms with van der Waals surface area (Å²) in [5.74, 6) is 0.359. The number of carbonyl (C=O) groups is 1. The van der Waals surface area contributed by atoms with Gasteiger partial charge in [-0.1, -0.05) is 18.2 Å². The van der Waals surface area contributed by atoms with Crippen LogP contribution in [0.1, 0.15) is 4.88 Å². The summed E-state index contributed by atoms with van der Waals surface area (Å²) in [6.45, 7) is 1.73. The van der Waals surface area contributed by atoms with E-state index >= 15 is 0 Å². The topological polar surface area (TPSA) is 84.9 Å². The van der Waals surface area contributed by atoms with E-state index in [-0.39, 0.29) is 23.3 Å². The molecule has 0 aliphatic carbocycles. The van der Waals surface area contributed by atoms with Crippen LogP contribution in [0.2, 0.25) is 0 Å². The van der Waals surface area contributed by atoms with Gasteiger partial charge in [-0.2, -0.15) is 4.31 Å². The van der Waals surface area contributed by atoms with Crippen molar-refractivity contribution in [1.29, 1.82) is 0 Å². The molecule has 0 saturated carbocycles. The van der Waals surface area contributed by atoms with E-state index in [1.165, 1.54) is 4.31 Å². The van der Waals surface area contributed by atoms with E-state index in [1.807, 2.05) is 18.2 Å². The van der Waals surface area contributed by atoms with E-state index in [4.69, 9.17) is 9.47 Å². The number of nitrogens with one attached hydrogen (secondary N) is 1. The predicted molar refractivity (Wildman–Crippen MR) is 97.7 cm³/mol. The summed E-state index contributed by atoms with van der Waals surface area (Å²) < 4.78 is 37.4. The molecule has 1 aliphatic rings. The highest BCUT2D eigenvalue weighted by Gasteiger charge is 2.27. The molecule has 140 valence electrons. The molecule has 1 amide bonds. The summed E-state index contributed by atoms with van der Waals surface area (Å²) in [6.07, 6.45) is 0. The first-order chi connectivity index (χ1) is 12.6. The second-order valence-corrected chi connectivity index (χ2v) is 8.95. The molecule has 26 heavy (non-hydrogen) atoms. The maximum Gasteiger partial charge on any atom is 0.258 e. The number of rotatable bonds is 7. The van der Waals surface area contributed by atoms with Crippen LogP contribution in [0.5, 0.6) is 5.75 Å². The van der Waals surface area contributed by atoms with Gasteiger partial charge in [-0.3, -0.25) is 4.79 Å². The van der Waals surface area contributed by atoms with Crippen molar-refractivity contribution in [2.24, 2.45) is 0 Å². The third kappa shape index (κ3) is 4.82. The standard InChI is InChI=1S/C17H20N2O5S2/c20-16(13-24-14-4-2-1-3-5-14)18-12-15-6-7-17(25-15)26(21,22)19-8-10-23-11-9-19/h1-7H,8-13H2,(H,18,20). The minimum Gasteiger partial charge on any atom is -0.484 e.